The van der Waals surface area contributed by atoms with Crippen molar-refractivity contribution in [3.05, 3.63) is 109 Å². The van der Waals surface area contributed by atoms with Gasteiger partial charge < -0.3 is 14.2 Å². The largest absolute Gasteiger partial charge is 0.462 e. The zero-order valence-electron chi connectivity index (χ0n) is 41.8. The third-order valence-corrected chi connectivity index (χ3v) is 10.8. The van der Waals surface area contributed by atoms with Crippen LogP contribution in [0.25, 0.3) is 0 Å². The van der Waals surface area contributed by atoms with Crippen molar-refractivity contribution in [2.75, 3.05) is 19.8 Å². The van der Waals surface area contributed by atoms with Gasteiger partial charge >= 0.3 is 11.9 Å². The molecule has 0 amide bonds. The number of unbranched alkanes of at least 4 members (excludes halogenated alkanes) is 18. The second-order valence-electron chi connectivity index (χ2n) is 17.0. The minimum Gasteiger partial charge on any atom is -0.462 e. The lowest BCUT2D eigenvalue weighted by molar-refractivity contribution is -0.163. The molecule has 0 N–H and O–H groups in total. The molecule has 0 radical (unpaired) electrons. The third-order valence-electron chi connectivity index (χ3n) is 10.8. The quantitative estimate of drug-likeness (QED) is 0.0346. The van der Waals surface area contributed by atoms with E-state index in [0.29, 0.717) is 19.4 Å². The van der Waals surface area contributed by atoms with Gasteiger partial charge in [-0.3, -0.25) is 9.59 Å². The molecule has 0 aromatic heterocycles. The Morgan fingerprint density at radius 2 is 0.719 bits per heavy atom. The fraction of sp³-hybridized carbons (Fsp3) is 0.661. The lowest BCUT2D eigenvalue weighted by Crippen LogP contribution is -2.30. The zero-order chi connectivity index (χ0) is 46.3. The maximum atomic E-state index is 12.8. The average Bonchev–Trinajstić information content (AvgIpc) is 3.30. The van der Waals surface area contributed by atoms with Gasteiger partial charge in [-0.2, -0.15) is 0 Å². The van der Waals surface area contributed by atoms with Crippen molar-refractivity contribution >= 4 is 11.9 Å². The van der Waals surface area contributed by atoms with Crippen LogP contribution in [0.1, 0.15) is 226 Å². The summed E-state index contributed by atoms with van der Waals surface area (Å²) in [6.07, 6.45) is 73.9. The molecule has 5 nitrogen and oxygen atoms in total. The van der Waals surface area contributed by atoms with Gasteiger partial charge in [0.25, 0.3) is 0 Å². The van der Waals surface area contributed by atoms with Crippen molar-refractivity contribution in [3.8, 4) is 0 Å². The van der Waals surface area contributed by atoms with Crippen LogP contribution in [-0.4, -0.2) is 37.9 Å². The van der Waals surface area contributed by atoms with Crippen LogP contribution in [0, 0.1) is 0 Å². The van der Waals surface area contributed by atoms with Gasteiger partial charge in [0.05, 0.1) is 6.61 Å². The summed E-state index contributed by atoms with van der Waals surface area (Å²) in [5, 5.41) is 0. The average molecular weight is 887 g/mol. The highest BCUT2D eigenvalue weighted by Crippen LogP contribution is 2.13. The van der Waals surface area contributed by atoms with E-state index in [9.17, 15) is 9.59 Å². The SMILES string of the molecule is CC/C=C\C/C=C\C/C=C\C/C=C\C/C=C\CCCCOCC(COC(=O)CCCCCCCC/C=C\C/C=C\C/C=C\CCCCC)OC(=O)CCCCCCC/C=C\CCCC. The minimum absolute atomic E-state index is 0.0515. The van der Waals surface area contributed by atoms with E-state index in [1.165, 1.54) is 77.0 Å². The summed E-state index contributed by atoms with van der Waals surface area (Å²) < 4.78 is 17.3. The molecule has 64 heavy (non-hydrogen) atoms. The topological polar surface area (TPSA) is 61.8 Å². The van der Waals surface area contributed by atoms with Gasteiger partial charge in [0, 0.05) is 19.4 Å². The van der Waals surface area contributed by atoms with Crippen molar-refractivity contribution in [2.24, 2.45) is 0 Å². The summed E-state index contributed by atoms with van der Waals surface area (Å²) in [4.78, 5) is 25.4. The zero-order valence-corrected chi connectivity index (χ0v) is 41.8. The molecule has 0 aliphatic rings. The molecule has 1 atom stereocenters. The highest BCUT2D eigenvalue weighted by atomic mass is 16.6. The molecule has 0 saturated heterocycles. The summed E-state index contributed by atoms with van der Waals surface area (Å²) in [5.74, 6) is -0.453. The first-order valence-corrected chi connectivity index (χ1v) is 26.4. The Hall–Kier alpha value is -3.44. The molecule has 0 heterocycles. The van der Waals surface area contributed by atoms with Gasteiger partial charge in [-0.1, -0.05) is 201 Å². The maximum Gasteiger partial charge on any atom is 0.306 e. The molecule has 1 unspecified atom stereocenters. The van der Waals surface area contributed by atoms with Crippen LogP contribution in [-0.2, 0) is 23.8 Å². The monoisotopic (exact) mass is 887 g/mol. The molecule has 0 spiro atoms. The van der Waals surface area contributed by atoms with Crippen LogP contribution in [0.5, 0.6) is 0 Å². The van der Waals surface area contributed by atoms with E-state index in [1.807, 2.05) is 0 Å². The first kappa shape index (κ1) is 60.6. The van der Waals surface area contributed by atoms with Gasteiger partial charge in [-0.15, -0.1) is 0 Å². The van der Waals surface area contributed by atoms with Gasteiger partial charge in [0.2, 0.25) is 0 Å². The van der Waals surface area contributed by atoms with Gasteiger partial charge in [0.1, 0.15) is 6.61 Å². The number of esters is 2. The van der Waals surface area contributed by atoms with Crippen molar-refractivity contribution in [3.63, 3.8) is 0 Å². The number of allylic oxidation sites excluding steroid dienone is 18. The fourth-order valence-corrected chi connectivity index (χ4v) is 6.82. The fourth-order valence-electron chi connectivity index (χ4n) is 6.82. The van der Waals surface area contributed by atoms with Gasteiger partial charge in [0.15, 0.2) is 6.10 Å². The summed E-state index contributed by atoms with van der Waals surface area (Å²) >= 11 is 0. The number of ether oxygens (including phenoxy) is 3. The van der Waals surface area contributed by atoms with Gasteiger partial charge in [-0.05, 0) is 122 Å². The first-order valence-electron chi connectivity index (χ1n) is 26.4. The molecule has 5 heteroatoms. The summed E-state index contributed by atoms with van der Waals surface area (Å²) in [5.41, 5.74) is 0. The van der Waals surface area contributed by atoms with Crippen molar-refractivity contribution in [2.45, 2.75) is 232 Å². The molecule has 0 aromatic carbocycles. The van der Waals surface area contributed by atoms with Crippen LogP contribution >= 0.6 is 0 Å². The molecule has 0 aliphatic heterocycles. The Kier molecular flexibility index (Phi) is 51.0. The second kappa shape index (κ2) is 53.9. The number of hydrogen-bond donors (Lipinski definition) is 0. The molecule has 0 bridgehead atoms. The lowest BCUT2D eigenvalue weighted by Gasteiger charge is -2.18. The van der Waals surface area contributed by atoms with Crippen LogP contribution in [0.15, 0.2) is 109 Å². The maximum absolute atomic E-state index is 12.8. The molecule has 0 fully saturated rings. The third kappa shape index (κ3) is 51.2. The predicted molar refractivity (Wildman–Crippen MR) is 279 cm³/mol. The molecule has 0 aliphatic carbocycles. The Labute approximate surface area is 395 Å². The Morgan fingerprint density at radius 3 is 1.19 bits per heavy atom. The normalized spacial score (nSPS) is 13.1. The highest BCUT2D eigenvalue weighted by molar-refractivity contribution is 5.70. The minimum atomic E-state index is -0.575. The van der Waals surface area contributed by atoms with E-state index in [4.69, 9.17) is 14.2 Å². The van der Waals surface area contributed by atoms with Crippen LogP contribution in [0.3, 0.4) is 0 Å². The van der Waals surface area contributed by atoms with Gasteiger partial charge in [-0.25, -0.2) is 0 Å². The number of rotatable bonds is 47. The van der Waals surface area contributed by atoms with Crippen molar-refractivity contribution in [1.82, 2.24) is 0 Å². The predicted octanol–water partition coefficient (Wildman–Crippen LogP) is 18.0. The summed E-state index contributed by atoms with van der Waals surface area (Å²) in [6.45, 7) is 7.52. The van der Waals surface area contributed by atoms with E-state index in [1.54, 1.807) is 0 Å². The standard InChI is InChI=1S/C59H98O5/c1-4-7-10-13-16-19-22-24-26-28-30-31-33-35-38-40-43-46-49-52-58(60)63-56-57(64-59(61)53-50-47-44-41-37-21-18-15-12-9-6-3)55-62-54-51-48-45-42-39-36-34-32-29-27-25-23-20-17-14-11-8-5-2/h8,11,15-20,24-27,30-32,34,39,42,57H,4-7,9-10,12-14,21-23,28-29,33,35-38,40-41,43-56H2,1-3H3/b11-8-,18-15-,19-16-,20-17-,26-24-,27-25-,31-30-,34-32-,42-39-. The van der Waals surface area contributed by atoms with E-state index >= 15 is 0 Å². The lowest BCUT2D eigenvalue weighted by atomic mass is 10.1. The number of carbonyl (C=O) groups is 2. The Bertz CT molecular complexity index is 1280. The Morgan fingerprint density at radius 1 is 0.359 bits per heavy atom. The van der Waals surface area contributed by atoms with Crippen LogP contribution < -0.4 is 0 Å². The van der Waals surface area contributed by atoms with Crippen LogP contribution in [0.2, 0.25) is 0 Å². The number of hydrogen-bond acceptors (Lipinski definition) is 5. The molecular formula is C59H98O5. The number of carbonyl (C=O) groups excluding carboxylic acids is 2. The molecule has 0 rings (SSSR count). The van der Waals surface area contributed by atoms with Crippen molar-refractivity contribution < 1.29 is 23.8 Å². The van der Waals surface area contributed by atoms with E-state index in [-0.39, 0.29) is 25.2 Å². The van der Waals surface area contributed by atoms with E-state index < -0.39 is 6.10 Å². The molecule has 364 valence electrons. The summed E-state index contributed by atoms with van der Waals surface area (Å²) in [6, 6.07) is 0. The molecule has 0 saturated carbocycles. The molecular weight excluding hydrogens is 789 g/mol. The second-order valence-corrected chi connectivity index (χ2v) is 17.0. The van der Waals surface area contributed by atoms with E-state index in [0.717, 1.165) is 116 Å². The van der Waals surface area contributed by atoms with Crippen molar-refractivity contribution in [1.29, 1.82) is 0 Å². The molecule has 0 aromatic rings. The van der Waals surface area contributed by atoms with Crippen LogP contribution in [0.4, 0.5) is 0 Å². The highest BCUT2D eigenvalue weighted by Gasteiger charge is 2.17. The van der Waals surface area contributed by atoms with E-state index in [2.05, 4.69) is 130 Å². The first-order chi connectivity index (χ1) is 31.6. The Balaban J connectivity index is 4.36. The smallest absolute Gasteiger partial charge is 0.306 e. The summed E-state index contributed by atoms with van der Waals surface area (Å²) in [7, 11) is 0.